The molecule has 0 N–H and O–H groups in total. The summed E-state index contributed by atoms with van der Waals surface area (Å²) in [6, 6.07) is 12.0. The fraction of sp³-hybridized carbons (Fsp3) is 0.400. The molecule has 2 amide bonds. The first-order chi connectivity index (χ1) is 12.2. The van der Waals surface area contributed by atoms with Gasteiger partial charge >= 0.3 is 0 Å². The number of amides is 2. The van der Waals surface area contributed by atoms with Gasteiger partial charge in [0.25, 0.3) is 5.91 Å². The van der Waals surface area contributed by atoms with Crippen molar-refractivity contribution in [2.75, 3.05) is 13.1 Å². The highest BCUT2D eigenvalue weighted by atomic mass is 16.2. The van der Waals surface area contributed by atoms with Gasteiger partial charge in [-0.15, -0.1) is 0 Å². The predicted octanol–water partition coefficient (Wildman–Crippen LogP) is 2.83. The minimum atomic E-state index is 0.0444. The van der Waals surface area contributed by atoms with Crippen LogP contribution in [-0.4, -0.2) is 39.3 Å². The minimum absolute atomic E-state index is 0.0444. The topological polar surface area (TPSA) is 45.6 Å². The molecule has 1 aromatic carbocycles. The molecule has 0 saturated heterocycles. The number of rotatable bonds is 4. The van der Waals surface area contributed by atoms with E-state index >= 15 is 0 Å². The Morgan fingerprint density at radius 3 is 2.80 bits per heavy atom. The summed E-state index contributed by atoms with van der Waals surface area (Å²) in [6.07, 6.45) is 3.38. The van der Waals surface area contributed by atoms with Crippen LogP contribution < -0.4 is 0 Å². The van der Waals surface area contributed by atoms with Gasteiger partial charge in [-0.25, -0.2) is 0 Å². The molecule has 0 unspecified atom stereocenters. The van der Waals surface area contributed by atoms with Crippen LogP contribution in [0.4, 0.5) is 0 Å². The molecule has 130 valence electrons. The van der Waals surface area contributed by atoms with Crippen molar-refractivity contribution in [2.45, 2.75) is 38.9 Å². The van der Waals surface area contributed by atoms with Crippen LogP contribution in [-0.2, 0) is 17.9 Å². The number of benzene rings is 1. The summed E-state index contributed by atoms with van der Waals surface area (Å²) in [6.45, 7) is 4.81. The monoisotopic (exact) mass is 337 g/mol. The third-order valence-corrected chi connectivity index (χ3v) is 5.36. The third kappa shape index (κ3) is 2.73. The van der Waals surface area contributed by atoms with E-state index < -0.39 is 0 Å². The van der Waals surface area contributed by atoms with E-state index in [0.29, 0.717) is 19.5 Å². The van der Waals surface area contributed by atoms with Gasteiger partial charge in [0.05, 0.1) is 6.04 Å². The van der Waals surface area contributed by atoms with Crippen molar-refractivity contribution in [1.82, 2.24) is 14.4 Å². The van der Waals surface area contributed by atoms with Crippen LogP contribution in [0.5, 0.6) is 0 Å². The van der Waals surface area contributed by atoms with E-state index in [1.54, 1.807) is 4.90 Å². The first-order valence-corrected chi connectivity index (χ1v) is 9.00. The second-order valence-electron chi connectivity index (χ2n) is 6.77. The standard InChI is InChI=1S/C20H23N3O2/c1-2-17-18-8-5-10-21(18)12-13-23(17)19(24)9-11-22-14-15-6-3-4-7-16(15)20(22)25/h3-8,10,17H,2,9,11-14H2,1H3/t17-/m1/s1. The Morgan fingerprint density at radius 1 is 1.16 bits per heavy atom. The summed E-state index contributed by atoms with van der Waals surface area (Å²) in [7, 11) is 0. The number of hydrogen-bond donors (Lipinski definition) is 0. The maximum atomic E-state index is 12.8. The van der Waals surface area contributed by atoms with Gasteiger partial charge in [-0.1, -0.05) is 25.1 Å². The molecule has 25 heavy (non-hydrogen) atoms. The van der Waals surface area contributed by atoms with Crippen LogP contribution in [0.3, 0.4) is 0 Å². The van der Waals surface area contributed by atoms with Gasteiger partial charge in [-0.05, 0) is 30.2 Å². The van der Waals surface area contributed by atoms with E-state index in [2.05, 4.69) is 23.8 Å². The lowest BCUT2D eigenvalue weighted by molar-refractivity contribution is -0.135. The van der Waals surface area contributed by atoms with Crippen molar-refractivity contribution < 1.29 is 9.59 Å². The van der Waals surface area contributed by atoms with E-state index in [9.17, 15) is 9.59 Å². The summed E-state index contributed by atoms with van der Waals surface area (Å²) < 4.78 is 2.23. The number of hydrogen-bond acceptors (Lipinski definition) is 2. The lowest BCUT2D eigenvalue weighted by atomic mass is 10.1. The molecule has 0 radical (unpaired) electrons. The molecule has 3 heterocycles. The lowest BCUT2D eigenvalue weighted by Gasteiger charge is -2.37. The van der Waals surface area contributed by atoms with Crippen molar-refractivity contribution in [3.63, 3.8) is 0 Å². The molecule has 5 heteroatoms. The number of nitrogens with zero attached hydrogens (tertiary/aromatic N) is 3. The van der Waals surface area contributed by atoms with Gasteiger partial charge in [0.15, 0.2) is 0 Å². The van der Waals surface area contributed by atoms with Crippen LogP contribution in [0.2, 0.25) is 0 Å². The van der Waals surface area contributed by atoms with E-state index in [-0.39, 0.29) is 17.9 Å². The zero-order valence-electron chi connectivity index (χ0n) is 14.5. The van der Waals surface area contributed by atoms with Crippen molar-refractivity contribution in [2.24, 2.45) is 0 Å². The summed E-state index contributed by atoms with van der Waals surface area (Å²) in [5.74, 6) is 0.186. The Kier molecular flexibility index (Phi) is 4.07. The Bertz CT molecular complexity index is 811. The first kappa shape index (κ1) is 15.9. The highest BCUT2D eigenvalue weighted by Gasteiger charge is 2.31. The third-order valence-electron chi connectivity index (χ3n) is 5.36. The Labute approximate surface area is 147 Å². The van der Waals surface area contributed by atoms with E-state index in [4.69, 9.17) is 0 Å². The highest BCUT2D eigenvalue weighted by molar-refractivity contribution is 5.98. The average molecular weight is 337 g/mol. The van der Waals surface area contributed by atoms with Gasteiger partial charge in [0, 0.05) is 50.1 Å². The Hall–Kier alpha value is -2.56. The number of aromatic nitrogens is 1. The summed E-state index contributed by atoms with van der Waals surface area (Å²) >= 11 is 0. The second-order valence-corrected chi connectivity index (χ2v) is 6.77. The molecule has 0 spiro atoms. The zero-order chi connectivity index (χ0) is 17.4. The normalized spacial score (nSPS) is 19.1. The van der Waals surface area contributed by atoms with Crippen molar-refractivity contribution in [3.8, 4) is 0 Å². The van der Waals surface area contributed by atoms with Crippen LogP contribution in [0, 0.1) is 0 Å². The van der Waals surface area contributed by atoms with Gasteiger partial charge in [-0.2, -0.15) is 0 Å². The van der Waals surface area contributed by atoms with Crippen LogP contribution in [0.15, 0.2) is 42.6 Å². The predicted molar refractivity (Wildman–Crippen MR) is 95.0 cm³/mol. The highest BCUT2D eigenvalue weighted by Crippen LogP contribution is 2.29. The SMILES string of the molecule is CC[C@@H]1c2cccn2CCN1C(=O)CCN1Cc2ccccc2C1=O. The Morgan fingerprint density at radius 2 is 2.00 bits per heavy atom. The maximum absolute atomic E-state index is 12.8. The zero-order valence-corrected chi connectivity index (χ0v) is 14.5. The molecule has 1 aromatic heterocycles. The molecule has 0 bridgehead atoms. The summed E-state index contributed by atoms with van der Waals surface area (Å²) in [5.41, 5.74) is 3.05. The van der Waals surface area contributed by atoms with Crippen LogP contribution >= 0.6 is 0 Å². The van der Waals surface area contributed by atoms with E-state index in [1.165, 1.54) is 5.69 Å². The minimum Gasteiger partial charge on any atom is -0.348 e. The van der Waals surface area contributed by atoms with Gasteiger partial charge in [-0.3, -0.25) is 9.59 Å². The molecule has 2 aromatic rings. The van der Waals surface area contributed by atoms with Crippen molar-refractivity contribution in [1.29, 1.82) is 0 Å². The molecule has 2 aliphatic rings. The van der Waals surface area contributed by atoms with Crippen LogP contribution in [0.25, 0.3) is 0 Å². The first-order valence-electron chi connectivity index (χ1n) is 9.00. The van der Waals surface area contributed by atoms with E-state index in [0.717, 1.165) is 30.6 Å². The number of carbonyl (C=O) groups excluding carboxylic acids is 2. The van der Waals surface area contributed by atoms with Crippen molar-refractivity contribution in [3.05, 3.63) is 59.4 Å². The average Bonchev–Trinajstić information content (AvgIpc) is 3.23. The second kappa shape index (κ2) is 6.39. The molecule has 0 aliphatic carbocycles. The lowest BCUT2D eigenvalue weighted by Crippen LogP contribution is -2.42. The summed E-state index contributed by atoms with van der Waals surface area (Å²) in [5, 5.41) is 0. The molecule has 0 saturated carbocycles. The van der Waals surface area contributed by atoms with Gasteiger partial charge < -0.3 is 14.4 Å². The van der Waals surface area contributed by atoms with E-state index in [1.807, 2.05) is 35.2 Å². The maximum Gasteiger partial charge on any atom is 0.254 e. The number of fused-ring (bicyclic) bond motifs is 2. The smallest absolute Gasteiger partial charge is 0.254 e. The van der Waals surface area contributed by atoms with Crippen molar-refractivity contribution >= 4 is 11.8 Å². The summed E-state index contributed by atoms with van der Waals surface area (Å²) in [4.78, 5) is 29.0. The fourth-order valence-electron chi connectivity index (χ4n) is 4.06. The molecule has 4 rings (SSSR count). The van der Waals surface area contributed by atoms with Gasteiger partial charge in [0.2, 0.25) is 5.91 Å². The molecule has 5 nitrogen and oxygen atoms in total. The van der Waals surface area contributed by atoms with Gasteiger partial charge in [0.1, 0.15) is 0 Å². The fourth-order valence-corrected chi connectivity index (χ4v) is 4.06. The molecular formula is C20H23N3O2. The molecule has 0 fully saturated rings. The molecular weight excluding hydrogens is 314 g/mol. The quantitative estimate of drug-likeness (QED) is 0.861. The molecule has 1 atom stereocenters. The Balaban J connectivity index is 1.41. The number of carbonyl (C=O) groups is 2. The largest absolute Gasteiger partial charge is 0.348 e. The molecule has 2 aliphatic heterocycles. The van der Waals surface area contributed by atoms with Crippen LogP contribution in [0.1, 0.15) is 47.4 Å².